The number of hydrogen-bond donors (Lipinski definition) is 0. The summed E-state index contributed by atoms with van der Waals surface area (Å²) >= 11 is 0. The summed E-state index contributed by atoms with van der Waals surface area (Å²) in [6.45, 7) is 2.72. The van der Waals surface area contributed by atoms with Gasteiger partial charge in [-0.15, -0.1) is 0 Å². The average Bonchev–Trinajstić information content (AvgIpc) is 2.45. The van der Waals surface area contributed by atoms with E-state index in [1.807, 2.05) is 37.3 Å². The summed E-state index contributed by atoms with van der Waals surface area (Å²) in [7, 11) is -2.98. The SMILES string of the molecule is CC1CS(=O)(=O)CCN1C(=O)C1CC(OCc2ccccc2)C1. The molecule has 1 atom stereocenters. The van der Waals surface area contributed by atoms with Gasteiger partial charge in [-0.25, -0.2) is 8.42 Å². The van der Waals surface area contributed by atoms with Crippen LogP contribution >= 0.6 is 0 Å². The van der Waals surface area contributed by atoms with Gasteiger partial charge >= 0.3 is 0 Å². The summed E-state index contributed by atoms with van der Waals surface area (Å²) in [4.78, 5) is 14.2. The van der Waals surface area contributed by atoms with Gasteiger partial charge in [0.25, 0.3) is 0 Å². The Bertz CT molecular complexity index is 652. The van der Waals surface area contributed by atoms with E-state index in [1.165, 1.54) is 0 Å². The smallest absolute Gasteiger partial charge is 0.226 e. The second-order valence-corrected chi connectivity index (χ2v) is 8.81. The van der Waals surface area contributed by atoms with Gasteiger partial charge in [0.1, 0.15) is 0 Å². The number of nitrogens with zero attached hydrogens (tertiary/aromatic N) is 1. The molecule has 126 valence electrons. The molecule has 1 unspecified atom stereocenters. The van der Waals surface area contributed by atoms with E-state index in [2.05, 4.69) is 0 Å². The number of ether oxygens (including phenoxy) is 1. The van der Waals surface area contributed by atoms with Crippen molar-refractivity contribution in [2.45, 2.75) is 38.5 Å². The molecule has 5 nitrogen and oxygen atoms in total. The second kappa shape index (κ2) is 6.61. The van der Waals surface area contributed by atoms with Crippen LogP contribution < -0.4 is 0 Å². The van der Waals surface area contributed by atoms with Crippen LogP contribution in [-0.2, 0) is 26.0 Å². The first-order chi connectivity index (χ1) is 10.9. The van der Waals surface area contributed by atoms with Gasteiger partial charge in [-0.2, -0.15) is 0 Å². The van der Waals surface area contributed by atoms with Crippen molar-refractivity contribution in [3.8, 4) is 0 Å². The molecule has 2 fully saturated rings. The highest BCUT2D eigenvalue weighted by molar-refractivity contribution is 7.91. The van der Waals surface area contributed by atoms with Gasteiger partial charge in [0.05, 0.1) is 24.2 Å². The Balaban J connectivity index is 1.45. The van der Waals surface area contributed by atoms with Gasteiger partial charge in [-0.3, -0.25) is 4.79 Å². The number of sulfone groups is 1. The maximum absolute atomic E-state index is 12.5. The van der Waals surface area contributed by atoms with Crippen LogP contribution in [-0.4, -0.2) is 49.4 Å². The Hall–Kier alpha value is -1.40. The number of benzene rings is 1. The van der Waals surface area contributed by atoms with Crippen molar-refractivity contribution < 1.29 is 17.9 Å². The lowest BCUT2D eigenvalue weighted by atomic mass is 9.81. The number of amides is 1. The maximum atomic E-state index is 12.5. The Morgan fingerprint density at radius 3 is 2.61 bits per heavy atom. The van der Waals surface area contributed by atoms with Gasteiger partial charge in [0, 0.05) is 18.5 Å². The molecule has 2 aliphatic rings. The molecule has 3 rings (SSSR count). The van der Waals surface area contributed by atoms with Gasteiger partial charge in [0.2, 0.25) is 5.91 Å². The molecular weight excluding hydrogens is 314 g/mol. The van der Waals surface area contributed by atoms with Crippen LogP contribution in [0, 0.1) is 5.92 Å². The molecule has 1 aliphatic carbocycles. The number of rotatable bonds is 4. The highest BCUT2D eigenvalue weighted by Gasteiger charge is 2.40. The maximum Gasteiger partial charge on any atom is 0.226 e. The van der Waals surface area contributed by atoms with Crippen molar-refractivity contribution in [3.63, 3.8) is 0 Å². The molecule has 1 saturated carbocycles. The third-order valence-electron chi connectivity index (χ3n) is 4.73. The van der Waals surface area contributed by atoms with Crippen molar-refractivity contribution in [2.75, 3.05) is 18.1 Å². The van der Waals surface area contributed by atoms with E-state index in [-0.39, 0.29) is 35.5 Å². The molecule has 1 aromatic rings. The highest BCUT2D eigenvalue weighted by Crippen LogP contribution is 2.33. The molecule has 0 spiro atoms. The summed E-state index contributed by atoms with van der Waals surface area (Å²) in [5, 5.41) is 0. The highest BCUT2D eigenvalue weighted by atomic mass is 32.2. The number of hydrogen-bond acceptors (Lipinski definition) is 4. The summed E-state index contributed by atoms with van der Waals surface area (Å²) < 4.78 is 29.0. The van der Waals surface area contributed by atoms with Gasteiger partial charge < -0.3 is 9.64 Å². The van der Waals surface area contributed by atoms with Gasteiger partial charge in [-0.05, 0) is 25.3 Å². The van der Waals surface area contributed by atoms with Crippen LogP contribution in [0.2, 0.25) is 0 Å². The van der Waals surface area contributed by atoms with E-state index < -0.39 is 9.84 Å². The summed E-state index contributed by atoms with van der Waals surface area (Å²) in [6, 6.07) is 9.77. The first-order valence-electron chi connectivity index (χ1n) is 8.11. The largest absolute Gasteiger partial charge is 0.373 e. The van der Waals surface area contributed by atoms with Gasteiger partial charge in [-0.1, -0.05) is 30.3 Å². The van der Waals surface area contributed by atoms with Crippen molar-refractivity contribution in [1.29, 1.82) is 0 Å². The Morgan fingerprint density at radius 2 is 1.96 bits per heavy atom. The van der Waals surface area contributed by atoms with Crippen molar-refractivity contribution in [1.82, 2.24) is 4.90 Å². The fraction of sp³-hybridized carbons (Fsp3) is 0.588. The molecule has 1 aromatic carbocycles. The Kier molecular flexibility index (Phi) is 4.73. The monoisotopic (exact) mass is 337 g/mol. The van der Waals surface area contributed by atoms with Crippen molar-refractivity contribution >= 4 is 15.7 Å². The first-order valence-corrected chi connectivity index (χ1v) is 9.93. The normalized spacial score (nSPS) is 29.8. The van der Waals surface area contributed by atoms with E-state index in [9.17, 15) is 13.2 Å². The van der Waals surface area contributed by atoms with Crippen LogP contribution in [0.4, 0.5) is 0 Å². The Labute approximate surface area is 137 Å². The third-order valence-corrected chi connectivity index (χ3v) is 6.52. The van der Waals surface area contributed by atoms with Crippen LogP contribution in [0.25, 0.3) is 0 Å². The molecule has 6 heteroatoms. The first kappa shape index (κ1) is 16.5. The van der Waals surface area contributed by atoms with Crippen LogP contribution in [0.5, 0.6) is 0 Å². The molecular formula is C17H23NO4S. The fourth-order valence-electron chi connectivity index (χ4n) is 3.25. The lowest BCUT2D eigenvalue weighted by Crippen LogP contribution is -2.54. The van der Waals surface area contributed by atoms with Gasteiger partial charge in [0.15, 0.2) is 9.84 Å². The molecule has 0 N–H and O–H groups in total. The third kappa shape index (κ3) is 3.93. The predicted molar refractivity (Wildman–Crippen MR) is 87.6 cm³/mol. The average molecular weight is 337 g/mol. The van der Waals surface area contributed by atoms with E-state index in [0.29, 0.717) is 13.2 Å². The topological polar surface area (TPSA) is 63.7 Å². The minimum atomic E-state index is -2.98. The quantitative estimate of drug-likeness (QED) is 0.838. The van der Waals surface area contributed by atoms with Crippen LogP contribution in [0.1, 0.15) is 25.3 Å². The summed E-state index contributed by atoms with van der Waals surface area (Å²) in [6.07, 6.45) is 1.61. The van der Waals surface area contributed by atoms with Crippen LogP contribution in [0.15, 0.2) is 30.3 Å². The lowest BCUT2D eigenvalue weighted by Gasteiger charge is -2.41. The molecule has 23 heavy (non-hydrogen) atoms. The zero-order valence-corrected chi connectivity index (χ0v) is 14.2. The minimum Gasteiger partial charge on any atom is -0.373 e. The molecule has 1 saturated heterocycles. The molecule has 1 heterocycles. The van der Waals surface area contributed by atoms with E-state index in [4.69, 9.17) is 4.74 Å². The molecule has 0 aromatic heterocycles. The second-order valence-electron chi connectivity index (χ2n) is 6.58. The molecule has 1 aliphatic heterocycles. The summed E-state index contributed by atoms with van der Waals surface area (Å²) in [5.41, 5.74) is 1.14. The van der Waals surface area contributed by atoms with E-state index in [1.54, 1.807) is 4.90 Å². The summed E-state index contributed by atoms with van der Waals surface area (Å²) in [5.74, 6) is 0.245. The molecule has 1 amide bonds. The predicted octanol–water partition coefficient (Wildman–Crippen LogP) is 1.63. The van der Waals surface area contributed by atoms with E-state index in [0.717, 1.165) is 18.4 Å². The van der Waals surface area contributed by atoms with Crippen molar-refractivity contribution in [3.05, 3.63) is 35.9 Å². The molecule has 0 bridgehead atoms. The standard InChI is InChI=1S/C17H23NO4S/c1-13-12-23(20,21)8-7-18(13)17(19)15-9-16(10-15)22-11-14-5-3-2-4-6-14/h2-6,13,15-16H,7-12H2,1H3. The number of carbonyl (C=O) groups is 1. The zero-order valence-electron chi connectivity index (χ0n) is 13.3. The Morgan fingerprint density at radius 1 is 1.26 bits per heavy atom. The van der Waals surface area contributed by atoms with Crippen molar-refractivity contribution in [2.24, 2.45) is 5.92 Å². The molecule has 0 radical (unpaired) electrons. The fourth-order valence-corrected chi connectivity index (χ4v) is 4.81. The van der Waals surface area contributed by atoms with Crippen LogP contribution in [0.3, 0.4) is 0 Å². The minimum absolute atomic E-state index is 0.0148. The number of carbonyl (C=O) groups excluding carboxylic acids is 1. The lowest BCUT2D eigenvalue weighted by molar-refractivity contribution is -0.146. The zero-order chi connectivity index (χ0) is 16.4. The van der Waals surface area contributed by atoms with E-state index >= 15 is 0 Å².